The van der Waals surface area contributed by atoms with Crippen LogP contribution in [0.3, 0.4) is 0 Å². The zero-order chi connectivity index (χ0) is 9.78. The van der Waals surface area contributed by atoms with Crippen LogP contribution in [-0.2, 0) is 10.2 Å². The van der Waals surface area contributed by atoms with E-state index < -0.39 is 29.3 Å². The largest absolute Gasteiger partial charge is 0.386 e. The summed E-state index contributed by atoms with van der Waals surface area (Å²) in [6.07, 6.45) is -4.93. The lowest BCUT2D eigenvalue weighted by atomic mass is 10.4. The third-order valence-electron chi connectivity index (χ3n) is 1.04. The number of aliphatic hydroxyl groups is 1. The Morgan fingerprint density at radius 3 is 2.33 bits per heavy atom. The lowest BCUT2D eigenvalue weighted by molar-refractivity contribution is -0.000480. The van der Waals surface area contributed by atoms with Gasteiger partial charge in [0.2, 0.25) is 0 Å². The molecule has 0 rings (SSSR count). The molecule has 0 bridgehead atoms. The maximum atomic E-state index is 11.6. The molecule has 0 saturated carbocycles. The van der Waals surface area contributed by atoms with Gasteiger partial charge in [-0.15, -0.1) is 0 Å². The summed E-state index contributed by atoms with van der Waals surface area (Å²) >= 11 is 0. The highest BCUT2D eigenvalue weighted by molar-refractivity contribution is 7.87. The molecule has 3 N–H and O–H groups in total. The normalized spacial score (nSPS) is 15.1. The van der Waals surface area contributed by atoms with Gasteiger partial charge in [0.1, 0.15) is 6.10 Å². The fourth-order valence-electron chi connectivity index (χ4n) is 0.356. The smallest absolute Gasteiger partial charge is 0.276 e. The van der Waals surface area contributed by atoms with Gasteiger partial charge in [-0.25, -0.2) is 13.5 Å². The number of nitrogens with one attached hydrogen (secondary N) is 2. The molecule has 0 heterocycles. The van der Waals surface area contributed by atoms with Crippen molar-refractivity contribution in [2.24, 2.45) is 0 Å². The van der Waals surface area contributed by atoms with Crippen molar-refractivity contribution >= 4 is 10.2 Å². The van der Waals surface area contributed by atoms with E-state index in [-0.39, 0.29) is 0 Å². The van der Waals surface area contributed by atoms with E-state index in [0.717, 1.165) is 7.05 Å². The summed E-state index contributed by atoms with van der Waals surface area (Å²) in [5.74, 6) is 0. The molecule has 5 nitrogen and oxygen atoms in total. The van der Waals surface area contributed by atoms with Crippen LogP contribution in [-0.4, -0.2) is 39.6 Å². The van der Waals surface area contributed by atoms with Crippen LogP contribution in [0.5, 0.6) is 0 Å². The molecule has 0 aliphatic heterocycles. The average Bonchev–Trinajstić information content (AvgIpc) is 2.00. The summed E-state index contributed by atoms with van der Waals surface area (Å²) in [6.45, 7) is -0.707. The molecule has 0 radical (unpaired) electrons. The maximum absolute atomic E-state index is 11.6. The Hall–Kier alpha value is -0.310. The highest BCUT2D eigenvalue weighted by atomic mass is 32.2. The van der Waals surface area contributed by atoms with Crippen LogP contribution in [0.4, 0.5) is 8.78 Å². The molecule has 1 atom stereocenters. The molecule has 1 unspecified atom stereocenters. The van der Waals surface area contributed by atoms with E-state index in [2.05, 4.69) is 0 Å². The zero-order valence-corrected chi connectivity index (χ0v) is 7.11. The SMILES string of the molecule is CNS(=O)(=O)NCC(O)C(F)F. The first-order chi connectivity index (χ1) is 5.39. The van der Waals surface area contributed by atoms with Gasteiger partial charge in [-0.05, 0) is 0 Å². The predicted octanol–water partition coefficient (Wildman–Crippen LogP) is -1.33. The van der Waals surface area contributed by atoms with Crippen LogP contribution in [0.15, 0.2) is 0 Å². The van der Waals surface area contributed by atoms with Crippen molar-refractivity contribution in [2.75, 3.05) is 13.6 Å². The third kappa shape index (κ3) is 4.54. The number of rotatable bonds is 5. The Morgan fingerprint density at radius 1 is 1.50 bits per heavy atom. The lowest BCUT2D eigenvalue weighted by Crippen LogP contribution is -2.40. The summed E-state index contributed by atoms with van der Waals surface area (Å²) in [6, 6.07) is 0. The van der Waals surface area contributed by atoms with E-state index in [1.165, 1.54) is 0 Å². The molecule has 0 fully saturated rings. The Labute approximate surface area is 69.0 Å². The van der Waals surface area contributed by atoms with Crippen molar-refractivity contribution < 1.29 is 22.3 Å². The van der Waals surface area contributed by atoms with Crippen molar-refractivity contribution in [3.05, 3.63) is 0 Å². The highest BCUT2D eigenvalue weighted by Gasteiger charge is 2.18. The van der Waals surface area contributed by atoms with Crippen molar-refractivity contribution in [1.29, 1.82) is 0 Å². The molecular weight excluding hydrogens is 194 g/mol. The van der Waals surface area contributed by atoms with E-state index in [1.807, 2.05) is 4.72 Å². The van der Waals surface area contributed by atoms with Gasteiger partial charge in [-0.1, -0.05) is 0 Å². The third-order valence-corrected chi connectivity index (χ3v) is 2.13. The van der Waals surface area contributed by atoms with E-state index in [1.54, 1.807) is 4.72 Å². The number of hydrogen-bond acceptors (Lipinski definition) is 3. The monoisotopic (exact) mass is 204 g/mol. The van der Waals surface area contributed by atoms with Crippen molar-refractivity contribution in [2.45, 2.75) is 12.5 Å². The van der Waals surface area contributed by atoms with Gasteiger partial charge in [0.25, 0.3) is 16.6 Å². The van der Waals surface area contributed by atoms with E-state index in [0.29, 0.717) is 0 Å². The first kappa shape index (κ1) is 11.7. The molecule has 0 spiro atoms. The van der Waals surface area contributed by atoms with Crippen LogP contribution in [0.1, 0.15) is 0 Å². The summed E-state index contributed by atoms with van der Waals surface area (Å²) in [5.41, 5.74) is 0. The van der Waals surface area contributed by atoms with E-state index >= 15 is 0 Å². The maximum Gasteiger partial charge on any atom is 0.276 e. The van der Waals surface area contributed by atoms with Gasteiger partial charge in [0.05, 0.1) is 0 Å². The minimum Gasteiger partial charge on any atom is -0.386 e. The summed E-state index contributed by atoms with van der Waals surface area (Å²) in [4.78, 5) is 0. The number of aliphatic hydroxyl groups excluding tert-OH is 1. The Morgan fingerprint density at radius 2 is 2.00 bits per heavy atom. The summed E-state index contributed by atoms with van der Waals surface area (Å²) in [5, 5.41) is 8.48. The molecule has 74 valence electrons. The van der Waals surface area contributed by atoms with E-state index in [9.17, 15) is 17.2 Å². The molecular formula is C4H10F2N2O3S. The van der Waals surface area contributed by atoms with Crippen LogP contribution in [0, 0.1) is 0 Å². The average molecular weight is 204 g/mol. The number of halogens is 2. The van der Waals surface area contributed by atoms with Gasteiger partial charge in [-0.3, -0.25) is 0 Å². The molecule has 0 saturated heterocycles. The van der Waals surface area contributed by atoms with Crippen molar-refractivity contribution in [3.8, 4) is 0 Å². The number of hydrogen-bond donors (Lipinski definition) is 3. The second-order valence-corrected chi connectivity index (χ2v) is 3.66. The molecule has 0 aliphatic carbocycles. The quantitative estimate of drug-likeness (QED) is 0.519. The van der Waals surface area contributed by atoms with E-state index in [4.69, 9.17) is 5.11 Å². The standard InChI is InChI=1S/C4H10F2N2O3S/c1-7-12(10,11)8-2-3(9)4(5)6/h3-4,7-9H,2H2,1H3. The fourth-order valence-corrected chi connectivity index (χ4v) is 0.891. The Kier molecular flexibility index (Phi) is 4.53. The van der Waals surface area contributed by atoms with Crippen LogP contribution >= 0.6 is 0 Å². The molecule has 0 aromatic heterocycles. The molecule has 0 amide bonds. The van der Waals surface area contributed by atoms with Crippen molar-refractivity contribution in [3.63, 3.8) is 0 Å². The molecule has 0 aromatic rings. The summed E-state index contributed by atoms with van der Waals surface area (Å²) < 4.78 is 47.9. The minimum atomic E-state index is -3.74. The number of alkyl halides is 2. The van der Waals surface area contributed by atoms with Gasteiger partial charge < -0.3 is 5.11 Å². The highest BCUT2D eigenvalue weighted by Crippen LogP contribution is 1.98. The molecule has 12 heavy (non-hydrogen) atoms. The minimum absolute atomic E-state index is 0.707. The van der Waals surface area contributed by atoms with Crippen LogP contribution < -0.4 is 9.44 Å². The van der Waals surface area contributed by atoms with Gasteiger partial charge in [0, 0.05) is 13.6 Å². The van der Waals surface area contributed by atoms with Gasteiger partial charge >= 0.3 is 0 Å². The second kappa shape index (κ2) is 4.65. The Bertz CT molecular complexity index is 218. The van der Waals surface area contributed by atoms with Gasteiger partial charge in [-0.2, -0.15) is 13.1 Å². The van der Waals surface area contributed by atoms with Crippen LogP contribution in [0.2, 0.25) is 0 Å². The van der Waals surface area contributed by atoms with Gasteiger partial charge in [0.15, 0.2) is 0 Å². The topological polar surface area (TPSA) is 78.4 Å². The van der Waals surface area contributed by atoms with Crippen molar-refractivity contribution in [1.82, 2.24) is 9.44 Å². The molecule has 0 aromatic carbocycles. The zero-order valence-electron chi connectivity index (χ0n) is 6.29. The molecule has 0 aliphatic rings. The lowest BCUT2D eigenvalue weighted by Gasteiger charge is -2.09. The Balaban J connectivity index is 3.84. The van der Waals surface area contributed by atoms with Crippen LogP contribution in [0.25, 0.3) is 0 Å². The molecule has 8 heteroatoms. The second-order valence-electron chi connectivity index (χ2n) is 1.96. The fraction of sp³-hybridized carbons (Fsp3) is 1.00. The first-order valence-corrected chi connectivity index (χ1v) is 4.51. The predicted molar refractivity (Wildman–Crippen MR) is 38.0 cm³/mol. The summed E-state index contributed by atoms with van der Waals surface area (Å²) in [7, 11) is -2.62. The first-order valence-electron chi connectivity index (χ1n) is 3.03.